The van der Waals surface area contributed by atoms with Crippen molar-refractivity contribution in [2.45, 2.75) is 104 Å². The zero-order chi connectivity index (χ0) is 20.3. The van der Waals surface area contributed by atoms with Crippen LogP contribution in [0.1, 0.15) is 96.5 Å². The van der Waals surface area contributed by atoms with Gasteiger partial charge in [0.25, 0.3) is 0 Å². The molecule has 0 saturated heterocycles. The zero-order valence-corrected chi connectivity index (χ0v) is 18.1. The van der Waals surface area contributed by atoms with Crippen LogP contribution in [0.4, 0.5) is 4.79 Å². The first kappa shape index (κ1) is 24.3. The third-order valence-corrected chi connectivity index (χ3v) is 4.98. The van der Waals surface area contributed by atoms with Gasteiger partial charge < -0.3 is 10.1 Å². The van der Waals surface area contributed by atoms with E-state index in [2.05, 4.69) is 24.4 Å². The number of allylic oxidation sites excluding steroid dienone is 2. The van der Waals surface area contributed by atoms with E-state index in [1.54, 1.807) is 0 Å². The molecule has 0 heterocycles. The molecule has 1 unspecified atom stereocenters. The maximum absolute atomic E-state index is 11.8. The van der Waals surface area contributed by atoms with E-state index in [4.69, 9.17) is 4.74 Å². The van der Waals surface area contributed by atoms with Gasteiger partial charge in [0.2, 0.25) is 0 Å². The number of alkyl carbamates (subject to hydrolysis) is 1. The molecule has 0 aromatic heterocycles. The molecule has 0 aliphatic rings. The quantitative estimate of drug-likeness (QED) is 0.235. The lowest BCUT2D eigenvalue weighted by molar-refractivity contribution is 0.136. The van der Waals surface area contributed by atoms with Gasteiger partial charge in [0.05, 0.1) is 0 Å². The molecule has 1 aromatic rings. The molecule has 0 fully saturated rings. The molecule has 0 saturated carbocycles. The first-order valence-electron chi connectivity index (χ1n) is 11.3. The van der Waals surface area contributed by atoms with Crippen molar-refractivity contribution in [3.05, 3.63) is 48.0 Å². The lowest BCUT2D eigenvalue weighted by Gasteiger charge is -2.13. The number of hydrogen-bond donors (Lipinski definition) is 1. The van der Waals surface area contributed by atoms with E-state index in [0.717, 1.165) is 18.4 Å². The summed E-state index contributed by atoms with van der Waals surface area (Å²) in [7, 11) is 0. The maximum Gasteiger partial charge on any atom is 0.407 e. The monoisotopic (exact) mass is 387 g/mol. The van der Waals surface area contributed by atoms with Crippen molar-refractivity contribution < 1.29 is 9.53 Å². The highest BCUT2D eigenvalue weighted by molar-refractivity contribution is 5.67. The molecular weight excluding hydrogens is 346 g/mol. The van der Waals surface area contributed by atoms with Gasteiger partial charge in [0, 0.05) is 6.04 Å². The average Bonchev–Trinajstić information content (AvgIpc) is 2.70. The van der Waals surface area contributed by atoms with Gasteiger partial charge >= 0.3 is 6.09 Å². The molecule has 1 aromatic carbocycles. The van der Waals surface area contributed by atoms with Gasteiger partial charge in [-0.1, -0.05) is 101 Å². The Morgan fingerprint density at radius 2 is 1.54 bits per heavy atom. The van der Waals surface area contributed by atoms with Crippen molar-refractivity contribution in [3.8, 4) is 0 Å². The predicted octanol–water partition coefficient (Wildman–Crippen LogP) is 7.56. The van der Waals surface area contributed by atoms with E-state index in [1.165, 1.54) is 64.2 Å². The summed E-state index contributed by atoms with van der Waals surface area (Å²) in [6.07, 6.45) is 19.7. The van der Waals surface area contributed by atoms with Crippen LogP contribution in [0.15, 0.2) is 42.5 Å². The summed E-state index contributed by atoms with van der Waals surface area (Å²) in [6.45, 7) is 4.61. The maximum atomic E-state index is 11.8. The molecule has 0 aliphatic carbocycles. The van der Waals surface area contributed by atoms with Gasteiger partial charge in [-0.3, -0.25) is 0 Å². The second-order valence-electron chi connectivity index (χ2n) is 7.77. The fourth-order valence-corrected chi connectivity index (χ4v) is 3.19. The molecule has 0 spiro atoms. The number of benzene rings is 1. The molecule has 0 aliphatic heterocycles. The summed E-state index contributed by atoms with van der Waals surface area (Å²) >= 11 is 0. The summed E-state index contributed by atoms with van der Waals surface area (Å²) in [5.74, 6) is 0. The van der Waals surface area contributed by atoms with E-state index in [-0.39, 0.29) is 12.1 Å². The summed E-state index contributed by atoms with van der Waals surface area (Å²) in [5, 5.41) is 2.90. The number of nitrogens with one attached hydrogen (secondary N) is 1. The van der Waals surface area contributed by atoms with E-state index in [9.17, 15) is 4.79 Å². The van der Waals surface area contributed by atoms with Crippen LogP contribution in [0.5, 0.6) is 0 Å². The molecule has 28 heavy (non-hydrogen) atoms. The minimum atomic E-state index is -0.338. The topological polar surface area (TPSA) is 38.3 Å². The van der Waals surface area contributed by atoms with E-state index < -0.39 is 0 Å². The fraction of sp³-hybridized carbons (Fsp3) is 0.640. The number of amides is 1. The van der Waals surface area contributed by atoms with Crippen LogP contribution in [0.25, 0.3) is 0 Å². The van der Waals surface area contributed by atoms with Crippen LogP contribution in [-0.2, 0) is 11.3 Å². The van der Waals surface area contributed by atoms with Crippen molar-refractivity contribution in [1.82, 2.24) is 5.32 Å². The molecule has 0 radical (unpaired) electrons. The summed E-state index contributed by atoms with van der Waals surface area (Å²) in [6, 6.07) is 9.87. The van der Waals surface area contributed by atoms with Gasteiger partial charge in [-0.05, 0) is 38.2 Å². The highest BCUT2D eigenvalue weighted by Gasteiger charge is 2.07. The normalized spacial score (nSPS) is 12.2. The van der Waals surface area contributed by atoms with Gasteiger partial charge in [0.1, 0.15) is 6.61 Å². The van der Waals surface area contributed by atoms with Crippen LogP contribution in [-0.4, -0.2) is 12.1 Å². The predicted molar refractivity (Wildman–Crippen MR) is 119 cm³/mol. The molecule has 1 amide bonds. The third-order valence-electron chi connectivity index (χ3n) is 4.98. The van der Waals surface area contributed by atoms with Crippen LogP contribution in [0.3, 0.4) is 0 Å². The van der Waals surface area contributed by atoms with Crippen molar-refractivity contribution in [1.29, 1.82) is 0 Å². The Morgan fingerprint density at radius 3 is 2.21 bits per heavy atom. The summed E-state index contributed by atoms with van der Waals surface area (Å²) in [4.78, 5) is 11.8. The first-order valence-corrected chi connectivity index (χ1v) is 11.3. The number of ether oxygens (including phenoxy) is 1. The second-order valence-corrected chi connectivity index (χ2v) is 7.77. The Hall–Kier alpha value is -1.77. The molecular formula is C25H41NO2. The van der Waals surface area contributed by atoms with Crippen molar-refractivity contribution in [3.63, 3.8) is 0 Å². The van der Waals surface area contributed by atoms with Crippen LogP contribution in [0, 0.1) is 0 Å². The molecule has 1 rings (SSSR count). The highest BCUT2D eigenvalue weighted by atomic mass is 16.5. The lowest BCUT2D eigenvalue weighted by Crippen LogP contribution is -2.32. The third kappa shape index (κ3) is 14.3. The molecule has 158 valence electrons. The SMILES string of the molecule is CCCCCCCCCCC/C=C/CCC(C)NC(=O)OCc1ccccc1. The Kier molecular flexibility index (Phi) is 15.0. The second kappa shape index (κ2) is 17.3. The number of rotatable bonds is 16. The Labute approximate surface area is 173 Å². The minimum Gasteiger partial charge on any atom is -0.445 e. The van der Waals surface area contributed by atoms with E-state index >= 15 is 0 Å². The lowest BCUT2D eigenvalue weighted by atomic mass is 10.1. The molecule has 0 bridgehead atoms. The molecule has 3 nitrogen and oxygen atoms in total. The number of unbranched alkanes of at least 4 members (excludes halogenated alkanes) is 9. The van der Waals surface area contributed by atoms with E-state index in [1.807, 2.05) is 37.3 Å². The van der Waals surface area contributed by atoms with Gasteiger partial charge in [-0.15, -0.1) is 0 Å². The molecule has 1 N–H and O–H groups in total. The Bertz CT molecular complexity index is 513. The highest BCUT2D eigenvalue weighted by Crippen LogP contribution is 2.11. The van der Waals surface area contributed by atoms with Crippen molar-refractivity contribution >= 4 is 6.09 Å². The molecule has 1 atom stereocenters. The van der Waals surface area contributed by atoms with Crippen LogP contribution < -0.4 is 5.32 Å². The van der Waals surface area contributed by atoms with Gasteiger partial charge in [-0.25, -0.2) is 4.79 Å². The van der Waals surface area contributed by atoms with Gasteiger partial charge in [0.15, 0.2) is 0 Å². The van der Waals surface area contributed by atoms with Crippen LogP contribution >= 0.6 is 0 Å². The molecule has 3 heteroatoms. The Balaban J connectivity index is 1.92. The minimum absolute atomic E-state index is 0.126. The standard InChI is InChI=1S/C25H41NO2/c1-3-4-5-6-7-8-9-10-11-12-13-14-16-19-23(2)26-25(27)28-22-24-20-17-15-18-21-24/h13-15,17-18,20-21,23H,3-12,16,19,22H2,1-2H3,(H,26,27)/b14-13+. The average molecular weight is 388 g/mol. The number of carbonyl (C=O) groups is 1. The van der Waals surface area contributed by atoms with Crippen molar-refractivity contribution in [2.75, 3.05) is 0 Å². The van der Waals surface area contributed by atoms with Gasteiger partial charge in [-0.2, -0.15) is 0 Å². The summed E-state index contributed by atoms with van der Waals surface area (Å²) in [5.41, 5.74) is 1.00. The van der Waals surface area contributed by atoms with Crippen LogP contribution in [0.2, 0.25) is 0 Å². The zero-order valence-electron chi connectivity index (χ0n) is 18.1. The fourth-order valence-electron chi connectivity index (χ4n) is 3.19. The number of carbonyl (C=O) groups excluding carboxylic acids is 1. The van der Waals surface area contributed by atoms with Crippen molar-refractivity contribution in [2.24, 2.45) is 0 Å². The summed E-state index contributed by atoms with van der Waals surface area (Å²) < 4.78 is 5.25. The number of hydrogen-bond acceptors (Lipinski definition) is 2. The van der Waals surface area contributed by atoms with E-state index in [0.29, 0.717) is 6.61 Å². The smallest absolute Gasteiger partial charge is 0.407 e. The Morgan fingerprint density at radius 1 is 0.929 bits per heavy atom. The first-order chi connectivity index (χ1) is 13.7. The largest absolute Gasteiger partial charge is 0.445 e.